The molecule has 9 nitrogen and oxygen atoms in total. The maximum Gasteiger partial charge on any atom is 0.261 e. The van der Waals surface area contributed by atoms with Crippen molar-refractivity contribution < 1.29 is 19.1 Å². The highest BCUT2D eigenvalue weighted by Crippen LogP contribution is 2.41. The van der Waals surface area contributed by atoms with Crippen molar-refractivity contribution in [3.63, 3.8) is 0 Å². The van der Waals surface area contributed by atoms with Gasteiger partial charge in [0.2, 0.25) is 5.91 Å². The van der Waals surface area contributed by atoms with E-state index in [1.54, 1.807) is 23.0 Å². The topological polar surface area (TPSA) is 107 Å². The lowest BCUT2D eigenvalue weighted by molar-refractivity contribution is -0.119. The summed E-state index contributed by atoms with van der Waals surface area (Å²) >= 11 is 0. The summed E-state index contributed by atoms with van der Waals surface area (Å²) in [5.41, 5.74) is 2.06. The number of carbonyl (C=O) groups is 2. The fraction of sp³-hybridized carbons (Fsp3) is 0.364. The van der Waals surface area contributed by atoms with Crippen LogP contribution >= 0.6 is 0 Å². The molecule has 0 radical (unpaired) electrons. The molecule has 1 saturated heterocycles. The van der Waals surface area contributed by atoms with E-state index in [2.05, 4.69) is 20.7 Å². The molecular weight excluding hydrogens is 398 g/mol. The van der Waals surface area contributed by atoms with Crippen molar-refractivity contribution in [2.75, 3.05) is 11.9 Å². The average Bonchev–Trinajstić information content (AvgIpc) is 3.41. The molecule has 0 bridgehead atoms. The Labute approximate surface area is 178 Å². The van der Waals surface area contributed by atoms with Gasteiger partial charge in [0, 0.05) is 36.9 Å². The van der Waals surface area contributed by atoms with Gasteiger partial charge in [0.05, 0.1) is 17.9 Å². The zero-order valence-corrected chi connectivity index (χ0v) is 17.3. The van der Waals surface area contributed by atoms with E-state index < -0.39 is 0 Å². The molecule has 3 aromatic rings. The lowest BCUT2D eigenvalue weighted by Crippen LogP contribution is -2.31. The highest BCUT2D eigenvalue weighted by atomic mass is 16.5. The van der Waals surface area contributed by atoms with Gasteiger partial charge in [-0.3, -0.25) is 9.59 Å². The van der Waals surface area contributed by atoms with Gasteiger partial charge < -0.3 is 20.1 Å². The molecule has 0 spiro atoms. The number of carbonyl (C=O) groups excluding carboxylic acids is 2. The zero-order valence-electron chi connectivity index (χ0n) is 17.3. The molecule has 0 unspecified atom stereocenters. The SMILES string of the molecule is CC1(C)Cc2cc(NC(=O)c3cnn4cccnc34)c(OC[C@H]3CCC(=O)N3)cc2O1. The average molecular weight is 421 g/mol. The Hall–Kier alpha value is -3.62. The minimum absolute atomic E-state index is 0.0294. The van der Waals surface area contributed by atoms with Crippen molar-refractivity contribution in [2.24, 2.45) is 0 Å². The zero-order chi connectivity index (χ0) is 21.6. The lowest BCUT2D eigenvalue weighted by atomic mass is 10.0. The van der Waals surface area contributed by atoms with Gasteiger partial charge in [-0.1, -0.05) is 0 Å². The third-order valence-electron chi connectivity index (χ3n) is 5.46. The number of hydrogen-bond donors (Lipinski definition) is 2. The van der Waals surface area contributed by atoms with Crippen LogP contribution in [0.5, 0.6) is 11.5 Å². The number of anilines is 1. The molecule has 0 saturated carbocycles. The third kappa shape index (κ3) is 3.78. The Morgan fingerprint density at radius 1 is 1.42 bits per heavy atom. The summed E-state index contributed by atoms with van der Waals surface area (Å²) in [6.45, 7) is 4.35. The molecule has 2 amide bonds. The second kappa shape index (κ2) is 7.26. The van der Waals surface area contributed by atoms with E-state index >= 15 is 0 Å². The second-order valence-corrected chi connectivity index (χ2v) is 8.51. The van der Waals surface area contributed by atoms with Crippen molar-refractivity contribution in [1.82, 2.24) is 19.9 Å². The number of benzene rings is 1. The number of nitrogens with zero attached hydrogens (tertiary/aromatic N) is 3. The smallest absolute Gasteiger partial charge is 0.261 e. The van der Waals surface area contributed by atoms with E-state index in [1.807, 2.05) is 26.0 Å². The summed E-state index contributed by atoms with van der Waals surface area (Å²) in [6, 6.07) is 5.40. The van der Waals surface area contributed by atoms with Crippen LogP contribution in [0.3, 0.4) is 0 Å². The Kier molecular flexibility index (Phi) is 4.53. The van der Waals surface area contributed by atoms with Gasteiger partial charge in [-0.05, 0) is 32.4 Å². The van der Waals surface area contributed by atoms with Crippen LogP contribution in [0.2, 0.25) is 0 Å². The fourth-order valence-corrected chi connectivity index (χ4v) is 4.02. The number of amides is 2. The number of rotatable bonds is 5. The minimum atomic E-state index is -0.328. The molecule has 9 heteroatoms. The number of hydrogen-bond acceptors (Lipinski definition) is 6. The maximum absolute atomic E-state index is 13.0. The summed E-state index contributed by atoms with van der Waals surface area (Å²) in [5, 5.41) is 10.0. The predicted molar refractivity (Wildman–Crippen MR) is 112 cm³/mol. The molecule has 5 rings (SSSR count). The first kappa shape index (κ1) is 19.3. The monoisotopic (exact) mass is 421 g/mol. The Balaban J connectivity index is 1.43. The quantitative estimate of drug-likeness (QED) is 0.655. The molecule has 2 aliphatic heterocycles. The van der Waals surface area contributed by atoms with Gasteiger partial charge in [0.25, 0.3) is 5.91 Å². The molecule has 1 fully saturated rings. The maximum atomic E-state index is 13.0. The Bertz CT molecular complexity index is 1190. The van der Waals surface area contributed by atoms with Crippen molar-refractivity contribution >= 4 is 23.1 Å². The standard InChI is InChI=1S/C22H23N5O4/c1-22(2)10-13-8-16(26-21(29)15-11-24-27-7-3-6-23-20(15)27)18(9-17(13)31-22)30-12-14-4-5-19(28)25-14/h3,6-9,11,14H,4-5,10,12H2,1-2H3,(H,25,28)(H,26,29)/t14-/m1/s1. The van der Waals surface area contributed by atoms with E-state index in [1.165, 1.54) is 6.20 Å². The molecule has 2 aromatic heterocycles. The van der Waals surface area contributed by atoms with Crippen LogP contribution in [0.4, 0.5) is 5.69 Å². The predicted octanol–water partition coefficient (Wildman–Crippen LogP) is 2.35. The molecule has 2 aliphatic rings. The molecule has 4 heterocycles. The molecule has 31 heavy (non-hydrogen) atoms. The third-order valence-corrected chi connectivity index (χ3v) is 5.46. The van der Waals surface area contributed by atoms with Crippen molar-refractivity contribution in [1.29, 1.82) is 0 Å². The van der Waals surface area contributed by atoms with Gasteiger partial charge in [0.15, 0.2) is 5.65 Å². The van der Waals surface area contributed by atoms with Crippen LogP contribution in [0.15, 0.2) is 36.8 Å². The van der Waals surface area contributed by atoms with Gasteiger partial charge >= 0.3 is 0 Å². The van der Waals surface area contributed by atoms with Gasteiger partial charge in [0.1, 0.15) is 29.3 Å². The number of ether oxygens (including phenoxy) is 2. The Morgan fingerprint density at radius 3 is 3.10 bits per heavy atom. The second-order valence-electron chi connectivity index (χ2n) is 8.51. The number of aromatic nitrogens is 3. The summed E-state index contributed by atoms with van der Waals surface area (Å²) in [7, 11) is 0. The van der Waals surface area contributed by atoms with E-state index in [4.69, 9.17) is 9.47 Å². The van der Waals surface area contributed by atoms with E-state index in [0.717, 1.165) is 24.2 Å². The molecule has 160 valence electrons. The lowest BCUT2D eigenvalue weighted by Gasteiger charge is -2.18. The van der Waals surface area contributed by atoms with Crippen LogP contribution in [0.1, 0.15) is 42.6 Å². The summed E-state index contributed by atoms with van der Waals surface area (Å²) in [5.74, 6) is 0.939. The van der Waals surface area contributed by atoms with Crippen molar-refractivity contribution in [3.05, 3.63) is 47.9 Å². The number of nitrogens with one attached hydrogen (secondary N) is 2. The normalized spacial score (nSPS) is 19.0. The first-order valence-electron chi connectivity index (χ1n) is 10.3. The van der Waals surface area contributed by atoms with Gasteiger partial charge in [-0.25, -0.2) is 9.50 Å². The molecular formula is C22H23N5O4. The van der Waals surface area contributed by atoms with Crippen LogP contribution in [-0.4, -0.2) is 44.7 Å². The molecule has 2 N–H and O–H groups in total. The van der Waals surface area contributed by atoms with Crippen LogP contribution in [0, 0.1) is 0 Å². The number of fused-ring (bicyclic) bond motifs is 2. The minimum Gasteiger partial charge on any atom is -0.489 e. The van der Waals surface area contributed by atoms with Crippen molar-refractivity contribution in [3.8, 4) is 11.5 Å². The van der Waals surface area contributed by atoms with Crippen LogP contribution in [0.25, 0.3) is 5.65 Å². The van der Waals surface area contributed by atoms with Crippen LogP contribution < -0.4 is 20.1 Å². The molecule has 1 atom stereocenters. The van der Waals surface area contributed by atoms with Crippen LogP contribution in [-0.2, 0) is 11.2 Å². The molecule has 1 aromatic carbocycles. The fourth-order valence-electron chi connectivity index (χ4n) is 4.02. The summed E-state index contributed by atoms with van der Waals surface area (Å²) < 4.78 is 13.6. The van der Waals surface area contributed by atoms with E-state index in [-0.39, 0.29) is 23.5 Å². The van der Waals surface area contributed by atoms with Crippen molar-refractivity contribution in [2.45, 2.75) is 44.8 Å². The first-order chi connectivity index (χ1) is 14.9. The van der Waals surface area contributed by atoms with Gasteiger partial charge in [-0.2, -0.15) is 5.10 Å². The van der Waals surface area contributed by atoms with E-state index in [9.17, 15) is 9.59 Å². The summed E-state index contributed by atoms with van der Waals surface area (Å²) in [4.78, 5) is 28.8. The highest BCUT2D eigenvalue weighted by Gasteiger charge is 2.32. The highest BCUT2D eigenvalue weighted by molar-refractivity contribution is 6.08. The first-order valence-corrected chi connectivity index (χ1v) is 10.3. The largest absolute Gasteiger partial charge is 0.489 e. The Morgan fingerprint density at radius 2 is 2.29 bits per heavy atom. The summed E-state index contributed by atoms with van der Waals surface area (Å²) in [6.07, 6.45) is 6.80. The molecule has 0 aliphatic carbocycles. The van der Waals surface area contributed by atoms with E-state index in [0.29, 0.717) is 35.7 Å². The van der Waals surface area contributed by atoms with Gasteiger partial charge in [-0.15, -0.1) is 0 Å².